The minimum atomic E-state index is -0.439. The smallest absolute Gasteiger partial charge is 0.410 e. The number of ether oxygens (including phenoxy) is 1. The molecule has 1 amide bonds. The summed E-state index contributed by atoms with van der Waals surface area (Å²) in [7, 11) is 0. The Bertz CT molecular complexity index is 517. The van der Waals surface area contributed by atoms with Gasteiger partial charge in [-0.2, -0.15) is 0 Å². The Kier molecular flexibility index (Phi) is 5.88. The number of phenols is 1. The molecule has 128 valence electrons. The van der Waals surface area contributed by atoms with Gasteiger partial charge in [-0.05, 0) is 51.8 Å². The summed E-state index contributed by atoms with van der Waals surface area (Å²) in [4.78, 5) is 16.2. The zero-order chi connectivity index (χ0) is 16.9. The molecule has 0 aliphatic carbocycles. The van der Waals surface area contributed by atoms with Crippen LogP contribution in [0.1, 0.15) is 32.8 Å². The van der Waals surface area contributed by atoms with Crippen LogP contribution in [0, 0.1) is 0 Å². The molecule has 1 fully saturated rings. The minimum absolute atomic E-state index is 0.216. The van der Waals surface area contributed by atoms with E-state index in [2.05, 4.69) is 4.90 Å². The normalized spacial score (nSPS) is 16.4. The first-order valence-electron chi connectivity index (χ1n) is 8.32. The fourth-order valence-electron chi connectivity index (χ4n) is 2.70. The lowest BCUT2D eigenvalue weighted by atomic mass is 10.1. The van der Waals surface area contributed by atoms with Crippen LogP contribution in [0.25, 0.3) is 0 Å². The van der Waals surface area contributed by atoms with Gasteiger partial charge in [-0.3, -0.25) is 4.90 Å². The van der Waals surface area contributed by atoms with Gasteiger partial charge in [0.15, 0.2) is 0 Å². The standard InChI is InChI=1S/C18H28N2O3/c1-18(2,3)23-17(22)20-13-11-19(12-14-20)10-6-8-15-7-4-5-9-16(15)21/h4-5,7,9,21H,6,8,10-14H2,1-3H3. The highest BCUT2D eigenvalue weighted by Gasteiger charge is 2.25. The summed E-state index contributed by atoms with van der Waals surface area (Å²) < 4.78 is 5.41. The number of hydrogen-bond acceptors (Lipinski definition) is 4. The van der Waals surface area contributed by atoms with E-state index in [0.29, 0.717) is 18.8 Å². The molecule has 0 bridgehead atoms. The lowest BCUT2D eigenvalue weighted by Gasteiger charge is -2.35. The number of piperazine rings is 1. The van der Waals surface area contributed by atoms with E-state index in [1.165, 1.54) is 0 Å². The molecule has 23 heavy (non-hydrogen) atoms. The number of benzene rings is 1. The van der Waals surface area contributed by atoms with Crippen LogP contribution in [0.4, 0.5) is 4.79 Å². The molecule has 1 saturated heterocycles. The van der Waals surface area contributed by atoms with Crippen LogP contribution in [-0.4, -0.2) is 59.3 Å². The van der Waals surface area contributed by atoms with Crippen LogP contribution in [0.2, 0.25) is 0 Å². The molecule has 0 unspecified atom stereocenters. The van der Waals surface area contributed by atoms with Crippen LogP contribution in [0.5, 0.6) is 5.75 Å². The van der Waals surface area contributed by atoms with Crippen LogP contribution in [0.15, 0.2) is 24.3 Å². The minimum Gasteiger partial charge on any atom is -0.508 e. The molecule has 1 aromatic carbocycles. The number of carbonyl (C=O) groups excluding carboxylic acids is 1. The van der Waals surface area contributed by atoms with Crippen molar-refractivity contribution in [2.75, 3.05) is 32.7 Å². The van der Waals surface area contributed by atoms with Gasteiger partial charge in [-0.15, -0.1) is 0 Å². The highest BCUT2D eigenvalue weighted by molar-refractivity contribution is 5.68. The molecule has 1 aliphatic heterocycles. The first kappa shape index (κ1) is 17.6. The van der Waals surface area contributed by atoms with Gasteiger partial charge in [0.05, 0.1) is 0 Å². The van der Waals surface area contributed by atoms with Gasteiger partial charge in [0, 0.05) is 26.2 Å². The molecule has 0 saturated carbocycles. The second-order valence-corrected chi connectivity index (χ2v) is 7.04. The van der Waals surface area contributed by atoms with Crippen LogP contribution < -0.4 is 0 Å². The van der Waals surface area contributed by atoms with Crippen molar-refractivity contribution in [2.45, 2.75) is 39.2 Å². The van der Waals surface area contributed by atoms with E-state index in [9.17, 15) is 9.90 Å². The van der Waals surface area contributed by atoms with Crippen LogP contribution in [0.3, 0.4) is 0 Å². The average Bonchev–Trinajstić information content (AvgIpc) is 2.48. The molecule has 5 heteroatoms. The predicted molar refractivity (Wildman–Crippen MR) is 90.7 cm³/mol. The van der Waals surface area contributed by atoms with Gasteiger partial charge in [-0.1, -0.05) is 18.2 Å². The fraction of sp³-hybridized carbons (Fsp3) is 0.611. The van der Waals surface area contributed by atoms with Crippen molar-refractivity contribution >= 4 is 6.09 Å². The Morgan fingerprint density at radius 1 is 1.17 bits per heavy atom. The molecular weight excluding hydrogens is 292 g/mol. The number of hydrogen-bond donors (Lipinski definition) is 1. The van der Waals surface area contributed by atoms with Gasteiger partial charge in [-0.25, -0.2) is 4.79 Å². The Labute approximate surface area is 138 Å². The van der Waals surface area contributed by atoms with Crippen molar-refractivity contribution < 1.29 is 14.6 Å². The zero-order valence-electron chi connectivity index (χ0n) is 14.4. The van der Waals surface area contributed by atoms with Gasteiger partial charge >= 0.3 is 6.09 Å². The molecule has 5 nitrogen and oxygen atoms in total. The average molecular weight is 320 g/mol. The third-order valence-electron chi connectivity index (χ3n) is 3.94. The number of aromatic hydroxyl groups is 1. The molecule has 0 radical (unpaired) electrons. The quantitative estimate of drug-likeness (QED) is 0.927. The number of phenolic OH excluding ortho intramolecular Hbond substituents is 1. The monoisotopic (exact) mass is 320 g/mol. The highest BCUT2D eigenvalue weighted by Crippen LogP contribution is 2.18. The SMILES string of the molecule is CC(C)(C)OC(=O)N1CCN(CCCc2ccccc2O)CC1. The van der Waals surface area contributed by atoms with E-state index in [1.807, 2.05) is 39.0 Å². The molecule has 2 rings (SSSR count). The maximum absolute atomic E-state index is 12.0. The van der Waals surface area contributed by atoms with E-state index >= 15 is 0 Å². The van der Waals surface area contributed by atoms with Crippen molar-refractivity contribution in [3.05, 3.63) is 29.8 Å². The van der Waals surface area contributed by atoms with Crippen molar-refractivity contribution in [3.8, 4) is 5.75 Å². The van der Waals surface area contributed by atoms with Crippen molar-refractivity contribution in [3.63, 3.8) is 0 Å². The highest BCUT2D eigenvalue weighted by atomic mass is 16.6. The number of rotatable bonds is 4. The summed E-state index contributed by atoms with van der Waals surface area (Å²) in [6.07, 6.45) is 1.66. The molecule has 0 spiro atoms. The summed E-state index contributed by atoms with van der Waals surface area (Å²) in [6, 6.07) is 7.49. The topological polar surface area (TPSA) is 53.0 Å². The lowest BCUT2D eigenvalue weighted by molar-refractivity contribution is 0.0144. The fourth-order valence-corrected chi connectivity index (χ4v) is 2.70. The maximum Gasteiger partial charge on any atom is 0.410 e. The van der Waals surface area contributed by atoms with Gasteiger partial charge in [0.2, 0.25) is 0 Å². The first-order chi connectivity index (χ1) is 10.8. The van der Waals surface area contributed by atoms with Crippen LogP contribution >= 0.6 is 0 Å². The number of aryl methyl sites for hydroxylation is 1. The molecule has 0 aromatic heterocycles. The maximum atomic E-state index is 12.0. The van der Waals surface area contributed by atoms with E-state index in [0.717, 1.165) is 38.0 Å². The Balaban J connectivity index is 1.69. The van der Waals surface area contributed by atoms with Crippen molar-refractivity contribution in [2.24, 2.45) is 0 Å². The molecule has 0 atom stereocenters. The number of amides is 1. The third kappa shape index (κ3) is 5.75. The van der Waals surface area contributed by atoms with Crippen molar-refractivity contribution in [1.82, 2.24) is 9.80 Å². The van der Waals surface area contributed by atoms with E-state index in [-0.39, 0.29) is 6.09 Å². The lowest BCUT2D eigenvalue weighted by Crippen LogP contribution is -2.50. The molecule has 1 heterocycles. The number of nitrogens with zero attached hydrogens (tertiary/aromatic N) is 2. The summed E-state index contributed by atoms with van der Waals surface area (Å²) >= 11 is 0. The van der Waals surface area contributed by atoms with Gasteiger partial charge in [0.1, 0.15) is 11.4 Å². The van der Waals surface area contributed by atoms with Crippen LogP contribution in [-0.2, 0) is 11.2 Å². The first-order valence-corrected chi connectivity index (χ1v) is 8.32. The van der Waals surface area contributed by atoms with E-state index in [4.69, 9.17) is 4.74 Å². The summed E-state index contributed by atoms with van der Waals surface area (Å²) in [5.74, 6) is 0.377. The second kappa shape index (κ2) is 7.68. The largest absolute Gasteiger partial charge is 0.508 e. The number of para-hydroxylation sites is 1. The summed E-state index contributed by atoms with van der Waals surface area (Å²) in [5, 5.41) is 9.76. The Hall–Kier alpha value is -1.75. The molecule has 1 aromatic rings. The Morgan fingerprint density at radius 3 is 2.43 bits per heavy atom. The van der Waals surface area contributed by atoms with Gasteiger partial charge in [0.25, 0.3) is 0 Å². The summed E-state index contributed by atoms with van der Waals surface area (Å²) in [5.41, 5.74) is 0.561. The third-order valence-corrected chi connectivity index (χ3v) is 3.94. The molecule has 1 N–H and O–H groups in total. The Morgan fingerprint density at radius 2 is 1.83 bits per heavy atom. The number of carbonyl (C=O) groups is 1. The van der Waals surface area contributed by atoms with Crippen molar-refractivity contribution in [1.29, 1.82) is 0 Å². The van der Waals surface area contributed by atoms with E-state index < -0.39 is 5.60 Å². The second-order valence-electron chi connectivity index (χ2n) is 7.04. The predicted octanol–water partition coefficient (Wildman–Crippen LogP) is 2.88. The zero-order valence-corrected chi connectivity index (χ0v) is 14.4. The molecule has 1 aliphatic rings. The van der Waals surface area contributed by atoms with E-state index in [1.54, 1.807) is 11.0 Å². The van der Waals surface area contributed by atoms with Gasteiger partial charge < -0.3 is 14.7 Å². The summed E-state index contributed by atoms with van der Waals surface area (Å²) in [6.45, 7) is 9.83. The molecular formula is C18H28N2O3.